The standard InChI is InChI=1S/C12H11F2N3OS2/c1-6-11(20-12(15)16-6)19-5-9(18)17-10-7(13)3-2-4-8(10)14/h2-4H,5H2,1H3,(H2,15,16)(H,17,18). The van der Waals surface area contributed by atoms with Crippen LogP contribution in [0.4, 0.5) is 19.6 Å². The zero-order chi connectivity index (χ0) is 14.7. The van der Waals surface area contributed by atoms with Gasteiger partial charge in [-0.2, -0.15) is 0 Å². The van der Waals surface area contributed by atoms with Gasteiger partial charge in [-0.05, 0) is 19.1 Å². The number of rotatable bonds is 4. The Hall–Kier alpha value is -1.67. The van der Waals surface area contributed by atoms with E-state index < -0.39 is 23.2 Å². The number of hydrogen-bond acceptors (Lipinski definition) is 5. The SMILES string of the molecule is Cc1nc(N)sc1SCC(=O)Nc1c(F)cccc1F. The maximum absolute atomic E-state index is 13.4. The summed E-state index contributed by atoms with van der Waals surface area (Å²) in [5, 5.41) is 2.64. The number of thiazole rings is 1. The van der Waals surface area contributed by atoms with Crippen molar-refractivity contribution in [2.75, 3.05) is 16.8 Å². The van der Waals surface area contributed by atoms with Crippen LogP contribution in [0.3, 0.4) is 0 Å². The molecule has 0 saturated carbocycles. The van der Waals surface area contributed by atoms with Gasteiger partial charge in [-0.1, -0.05) is 17.4 Å². The molecule has 0 radical (unpaired) electrons. The van der Waals surface area contributed by atoms with Crippen LogP contribution in [-0.4, -0.2) is 16.6 Å². The molecule has 0 atom stereocenters. The number of anilines is 2. The van der Waals surface area contributed by atoms with Crippen LogP contribution >= 0.6 is 23.1 Å². The van der Waals surface area contributed by atoms with E-state index in [1.165, 1.54) is 29.2 Å². The molecule has 8 heteroatoms. The molecule has 0 bridgehead atoms. The average Bonchev–Trinajstić information content (AvgIpc) is 2.70. The quantitative estimate of drug-likeness (QED) is 0.851. The molecule has 2 rings (SSSR count). The van der Waals surface area contributed by atoms with Gasteiger partial charge in [0.1, 0.15) is 17.3 Å². The second-order valence-electron chi connectivity index (χ2n) is 3.86. The molecule has 3 N–H and O–H groups in total. The van der Waals surface area contributed by atoms with Crippen LogP contribution in [-0.2, 0) is 4.79 Å². The van der Waals surface area contributed by atoms with Crippen LogP contribution in [0.15, 0.2) is 22.4 Å². The summed E-state index contributed by atoms with van der Waals surface area (Å²) in [5.41, 5.74) is 5.85. The van der Waals surface area contributed by atoms with Gasteiger partial charge in [0.2, 0.25) is 5.91 Å². The lowest BCUT2D eigenvalue weighted by atomic mass is 10.3. The Balaban J connectivity index is 1.98. The highest BCUT2D eigenvalue weighted by atomic mass is 32.2. The van der Waals surface area contributed by atoms with E-state index in [0.717, 1.165) is 22.0 Å². The van der Waals surface area contributed by atoms with E-state index in [2.05, 4.69) is 10.3 Å². The molecule has 1 heterocycles. The second kappa shape index (κ2) is 6.19. The molecule has 106 valence electrons. The molecule has 0 unspecified atom stereocenters. The van der Waals surface area contributed by atoms with Crippen molar-refractivity contribution in [1.29, 1.82) is 0 Å². The van der Waals surface area contributed by atoms with E-state index in [1.54, 1.807) is 6.92 Å². The van der Waals surface area contributed by atoms with Crippen molar-refractivity contribution in [2.24, 2.45) is 0 Å². The Morgan fingerprint density at radius 2 is 2.10 bits per heavy atom. The summed E-state index contributed by atoms with van der Waals surface area (Å²) >= 11 is 2.50. The molecule has 1 amide bonds. The predicted octanol–water partition coefficient (Wildman–Crippen LogP) is 3.04. The summed E-state index contributed by atoms with van der Waals surface area (Å²) in [4.78, 5) is 15.7. The molecule has 0 spiro atoms. The molecule has 1 aromatic heterocycles. The van der Waals surface area contributed by atoms with E-state index >= 15 is 0 Å². The molecule has 2 aromatic rings. The number of hydrogen-bond donors (Lipinski definition) is 2. The van der Waals surface area contributed by atoms with E-state index in [9.17, 15) is 13.6 Å². The van der Waals surface area contributed by atoms with Crippen molar-refractivity contribution in [1.82, 2.24) is 4.98 Å². The average molecular weight is 315 g/mol. The van der Waals surface area contributed by atoms with Crippen LogP contribution in [0.1, 0.15) is 5.69 Å². The highest BCUT2D eigenvalue weighted by molar-refractivity contribution is 8.01. The fourth-order valence-electron chi connectivity index (χ4n) is 1.46. The lowest BCUT2D eigenvalue weighted by Crippen LogP contribution is -2.16. The highest BCUT2D eigenvalue weighted by Gasteiger charge is 2.13. The molecule has 20 heavy (non-hydrogen) atoms. The number of nitrogens with zero attached hydrogens (tertiary/aromatic N) is 1. The first-order chi connectivity index (χ1) is 9.47. The van der Waals surface area contributed by atoms with Crippen molar-refractivity contribution in [3.63, 3.8) is 0 Å². The Morgan fingerprint density at radius 3 is 2.65 bits per heavy atom. The third kappa shape index (κ3) is 3.45. The molecule has 0 fully saturated rings. The summed E-state index contributed by atoms with van der Waals surface area (Å²) < 4.78 is 27.5. The van der Waals surface area contributed by atoms with Crippen molar-refractivity contribution in [3.05, 3.63) is 35.5 Å². The Kier molecular flexibility index (Phi) is 4.56. The molecule has 1 aromatic carbocycles. The number of carbonyl (C=O) groups excluding carboxylic acids is 1. The number of halogens is 2. The van der Waals surface area contributed by atoms with Crippen molar-refractivity contribution < 1.29 is 13.6 Å². The predicted molar refractivity (Wildman–Crippen MR) is 77.0 cm³/mol. The van der Waals surface area contributed by atoms with Gasteiger partial charge >= 0.3 is 0 Å². The Labute approximate surface area is 122 Å². The van der Waals surface area contributed by atoms with E-state index in [0.29, 0.717) is 5.13 Å². The fourth-order valence-corrected chi connectivity index (χ4v) is 3.28. The summed E-state index contributed by atoms with van der Waals surface area (Å²) in [6, 6.07) is 3.40. The van der Waals surface area contributed by atoms with Crippen LogP contribution in [0.2, 0.25) is 0 Å². The lowest BCUT2D eigenvalue weighted by Gasteiger charge is -2.06. The summed E-state index contributed by atoms with van der Waals surface area (Å²) in [5.74, 6) is -2.08. The lowest BCUT2D eigenvalue weighted by molar-refractivity contribution is -0.113. The number of nitrogens with one attached hydrogen (secondary N) is 1. The molecular weight excluding hydrogens is 304 g/mol. The first-order valence-electron chi connectivity index (χ1n) is 5.57. The minimum absolute atomic E-state index is 0.0241. The minimum atomic E-state index is -0.804. The number of thioether (sulfide) groups is 1. The Bertz CT molecular complexity index is 625. The van der Waals surface area contributed by atoms with Gasteiger partial charge in [-0.3, -0.25) is 4.79 Å². The molecule has 0 aliphatic rings. The maximum Gasteiger partial charge on any atom is 0.234 e. The number of benzene rings is 1. The number of nitrogens with two attached hydrogens (primary N) is 1. The number of aromatic nitrogens is 1. The van der Waals surface area contributed by atoms with Gasteiger partial charge in [0.05, 0.1) is 15.7 Å². The van der Waals surface area contributed by atoms with Gasteiger partial charge in [-0.15, -0.1) is 11.8 Å². The second-order valence-corrected chi connectivity index (χ2v) is 6.13. The van der Waals surface area contributed by atoms with E-state index in [4.69, 9.17) is 5.73 Å². The molecular formula is C12H11F2N3OS2. The molecule has 0 saturated heterocycles. The van der Waals surface area contributed by atoms with Gasteiger partial charge < -0.3 is 11.1 Å². The Morgan fingerprint density at radius 1 is 1.45 bits per heavy atom. The number of nitrogen functional groups attached to an aromatic ring is 1. The maximum atomic E-state index is 13.4. The third-order valence-electron chi connectivity index (χ3n) is 2.33. The molecule has 4 nitrogen and oxygen atoms in total. The number of amides is 1. The summed E-state index contributed by atoms with van der Waals surface area (Å²) in [7, 11) is 0. The fraction of sp³-hybridized carbons (Fsp3) is 0.167. The molecule has 0 aliphatic heterocycles. The summed E-state index contributed by atoms with van der Waals surface area (Å²) in [6.07, 6.45) is 0. The first kappa shape index (κ1) is 14.7. The van der Waals surface area contributed by atoms with E-state index in [-0.39, 0.29) is 5.75 Å². The van der Waals surface area contributed by atoms with Gasteiger partial charge in [0.15, 0.2) is 5.13 Å². The number of carbonyl (C=O) groups is 1. The monoisotopic (exact) mass is 315 g/mol. The first-order valence-corrected chi connectivity index (χ1v) is 7.37. The smallest absolute Gasteiger partial charge is 0.234 e. The van der Waals surface area contributed by atoms with Crippen LogP contribution < -0.4 is 11.1 Å². The van der Waals surface area contributed by atoms with Crippen molar-refractivity contribution in [2.45, 2.75) is 11.1 Å². The normalized spacial score (nSPS) is 10.6. The number of aryl methyl sites for hydroxylation is 1. The van der Waals surface area contributed by atoms with Gasteiger partial charge in [-0.25, -0.2) is 13.8 Å². The zero-order valence-electron chi connectivity index (χ0n) is 10.4. The highest BCUT2D eigenvalue weighted by Crippen LogP contribution is 2.30. The van der Waals surface area contributed by atoms with Gasteiger partial charge in [0.25, 0.3) is 0 Å². The molecule has 0 aliphatic carbocycles. The zero-order valence-corrected chi connectivity index (χ0v) is 12.1. The van der Waals surface area contributed by atoms with Gasteiger partial charge in [0, 0.05) is 0 Å². The largest absolute Gasteiger partial charge is 0.375 e. The third-order valence-corrected chi connectivity index (χ3v) is 4.68. The van der Waals surface area contributed by atoms with E-state index in [1.807, 2.05) is 0 Å². The van der Waals surface area contributed by atoms with Crippen molar-refractivity contribution >= 4 is 39.8 Å². The van der Waals surface area contributed by atoms with Crippen LogP contribution in [0, 0.1) is 18.6 Å². The summed E-state index contributed by atoms with van der Waals surface area (Å²) in [6.45, 7) is 1.78. The van der Waals surface area contributed by atoms with Crippen LogP contribution in [0.25, 0.3) is 0 Å². The van der Waals surface area contributed by atoms with Crippen LogP contribution in [0.5, 0.6) is 0 Å². The topological polar surface area (TPSA) is 68.0 Å². The van der Waals surface area contributed by atoms with Crippen molar-refractivity contribution in [3.8, 4) is 0 Å². The number of para-hydroxylation sites is 1. The minimum Gasteiger partial charge on any atom is -0.375 e.